The summed E-state index contributed by atoms with van der Waals surface area (Å²) in [4.78, 5) is 19.8. The van der Waals surface area contributed by atoms with Crippen LogP contribution in [0.5, 0.6) is 5.75 Å². The first kappa shape index (κ1) is 14.0. The van der Waals surface area contributed by atoms with E-state index in [1.165, 1.54) is 12.3 Å². The largest absolute Gasteiger partial charge is 0.504 e. The molecule has 0 saturated heterocycles. The molecule has 2 heterocycles. The summed E-state index contributed by atoms with van der Waals surface area (Å²) >= 11 is 0. The molecule has 7 heteroatoms. The maximum absolute atomic E-state index is 11.7. The third-order valence-corrected chi connectivity index (χ3v) is 2.61. The van der Waals surface area contributed by atoms with Crippen molar-refractivity contribution in [3.05, 3.63) is 30.0 Å². The van der Waals surface area contributed by atoms with Crippen molar-refractivity contribution in [2.45, 2.75) is 32.6 Å². The summed E-state index contributed by atoms with van der Waals surface area (Å²) in [6.07, 6.45) is 2.01. The van der Waals surface area contributed by atoms with Gasteiger partial charge in [0.25, 0.3) is 0 Å². The van der Waals surface area contributed by atoms with Crippen molar-refractivity contribution >= 4 is 11.7 Å². The van der Waals surface area contributed by atoms with E-state index in [-0.39, 0.29) is 29.8 Å². The molecule has 2 aromatic rings. The second-order valence-corrected chi connectivity index (χ2v) is 4.62. The van der Waals surface area contributed by atoms with Crippen molar-refractivity contribution in [3.63, 3.8) is 0 Å². The first-order chi connectivity index (χ1) is 9.56. The summed E-state index contributed by atoms with van der Waals surface area (Å²) in [5, 5.41) is 15.8. The minimum Gasteiger partial charge on any atom is -0.504 e. The average Bonchev–Trinajstić information content (AvgIpc) is 2.88. The number of anilines is 1. The number of carbonyl (C=O) groups is 1. The van der Waals surface area contributed by atoms with Crippen LogP contribution in [0.15, 0.2) is 22.9 Å². The molecular formula is C13H16N4O3. The Morgan fingerprint density at radius 3 is 2.95 bits per heavy atom. The Morgan fingerprint density at radius 2 is 2.30 bits per heavy atom. The van der Waals surface area contributed by atoms with E-state index >= 15 is 0 Å². The van der Waals surface area contributed by atoms with Crippen LogP contribution in [0.4, 0.5) is 5.82 Å². The Labute approximate surface area is 116 Å². The number of hydrogen-bond acceptors (Lipinski definition) is 6. The molecule has 0 fully saturated rings. The zero-order chi connectivity index (χ0) is 14.5. The number of aryl methyl sites for hydroxylation is 1. The highest BCUT2D eigenvalue weighted by atomic mass is 16.5. The average molecular weight is 276 g/mol. The van der Waals surface area contributed by atoms with E-state index in [1.54, 1.807) is 6.07 Å². The van der Waals surface area contributed by atoms with Crippen molar-refractivity contribution in [1.82, 2.24) is 15.1 Å². The molecule has 0 unspecified atom stereocenters. The van der Waals surface area contributed by atoms with Crippen molar-refractivity contribution < 1.29 is 14.4 Å². The molecule has 20 heavy (non-hydrogen) atoms. The Hall–Kier alpha value is -2.44. The number of pyridine rings is 1. The second kappa shape index (κ2) is 6.14. The number of hydrogen-bond donors (Lipinski definition) is 2. The highest BCUT2D eigenvalue weighted by Crippen LogP contribution is 2.18. The van der Waals surface area contributed by atoms with Gasteiger partial charge in [-0.3, -0.25) is 4.79 Å². The van der Waals surface area contributed by atoms with E-state index in [9.17, 15) is 9.90 Å². The molecule has 2 N–H and O–H groups in total. The molecule has 7 nitrogen and oxygen atoms in total. The van der Waals surface area contributed by atoms with Crippen LogP contribution in [0.25, 0.3) is 0 Å². The lowest BCUT2D eigenvalue weighted by Crippen LogP contribution is -2.13. The van der Waals surface area contributed by atoms with Gasteiger partial charge in [-0.1, -0.05) is 19.0 Å². The van der Waals surface area contributed by atoms with Gasteiger partial charge in [0.2, 0.25) is 11.8 Å². The number of aromatic nitrogens is 3. The van der Waals surface area contributed by atoms with Crippen molar-refractivity contribution in [2.24, 2.45) is 0 Å². The molecule has 0 atom stereocenters. The van der Waals surface area contributed by atoms with Crippen LogP contribution in [0, 0.1) is 0 Å². The molecule has 0 saturated carbocycles. The van der Waals surface area contributed by atoms with Gasteiger partial charge in [0, 0.05) is 25.0 Å². The molecule has 0 bridgehead atoms. The van der Waals surface area contributed by atoms with Crippen molar-refractivity contribution in [2.75, 3.05) is 5.32 Å². The van der Waals surface area contributed by atoms with E-state index in [0.29, 0.717) is 18.1 Å². The van der Waals surface area contributed by atoms with E-state index in [1.807, 2.05) is 13.8 Å². The summed E-state index contributed by atoms with van der Waals surface area (Å²) in [5.41, 5.74) is 0. The predicted octanol–water partition coefficient (Wildman–Crippen LogP) is 1.86. The summed E-state index contributed by atoms with van der Waals surface area (Å²) in [5.74, 6) is 1.04. The lowest BCUT2D eigenvalue weighted by Gasteiger charge is -2.04. The fourth-order valence-electron chi connectivity index (χ4n) is 1.51. The third kappa shape index (κ3) is 3.53. The minimum absolute atomic E-state index is 0.0688. The van der Waals surface area contributed by atoms with Gasteiger partial charge in [-0.25, -0.2) is 4.98 Å². The van der Waals surface area contributed by atoms with Gasteiger partial charge in [0.05, 0.1) is 0 Å². The monoisotopic (exact) mass is 276 g/mol. The smallest absolute Gasteiger partial charge is 0.227 e. The number of nitrogens with zero attached hydrogens (tertiary/aromatic N) is 3. The zero-order valence-corrected chi connectivity index (χ0v) is 11.3. The number of carbonyl (C=O) groups excluding carboxylic acids is 1. The van der Waals surface area contributed by atoms with Crippen molar-refractivity contribution in [1.29, 1.82) is 0 Å². The lowest BCUT2D eigenvalue weighted by molar-refractivity contribution is -0.116. The van der Waals surface area contributed by atoms with Crippen molar-refractivity contribution in [3.8, 4) is 5.75 Å². The maximum atomic E-state index is 11.7. The van der Waals surface area contributed by atoms with Gasteiger partial charge in [-0.15, -0.1) is 0 Å². The van der Waals surface area contributed by atoms with Crippen LogP contribution in [0.2, 0.25) is 0 Å². The lowest BCUT2D eigenvalue weighted by atomic mass is 10.2. The van der Waals surface area contributed by atoms with Gasteiger partial charge < -0.3 is 14.9 Å². The van der Waals surface area contributed by atoms with E-state index in [2.05, 4.69) is 20.4 Å². The summed E-state index contributed by atoms with van der Waals surface area (Å²) in [6, 6.07) is 3.03. The van der Waals surface area contributed by atoms with E-state index < -0.39 is 0 Å². The first-order valence-electron chi connectivity index (χ1n) is 6.32. The molecule has 106 valence electrons. The van der Waals surface area contributed by atoms with E-state index in [4.69, 9.17) is 4.52 Å². The Bertz CT molecular complexity index is 595. The third-order valence-electron chi connectivity index (χ3n) is 2.61. The maximum Gasteiger partial charge on any atom is 0.227 e. The summed E-state index contributed by atoms with van der Waals surface area (Å²) in [7, 11) is 0. The number of nitrogens with one attached hydrogen (secondary N) is 1. The molecule has 0 aromatic carbocycles. The topological polar surface area (TPSA) is 101 Å². The van der Waals surface area contributed by atoms with E-state index in [0.717, 1.165) is 0 Å². The van der Waals surface area contributed by atoms with Gasteiger partial charge in [0.15, 0.2) is 17.4 Å². The van der Waals surface area contributed by atoms with Gasteiger partial charge in [-0.05, 0) is 12.1 Å². The van der Waals surface area contributed by atoms with Crippen LogP contribution in [0.1, 0.15) is 37.9 Å². The zero-order valence-electron chi connectivity index (χ0n) is 11.3. The number of aromatic hydroxyl groups is 1. The van der Waals surface area contributed by atoms with Crippen LogP contribution in [0.3, 0.4) is 0 Å². The quantitative estimate of drug-likeness (QED) is 0.864. The second-order valence-electron chi connectivity index (χ2n) is 4.62. The fraction of sp³-hybridized carbons (Fsp3) is 0.385. The summed E-state index contributed by atoms with van der Waals surface area (Å²) < 4.78 is 5.04. The fourth-order valence-corrected chi connectivity index (χ4v) is 1.51. The van der Waals surface area contributed by atoms with Crippen LogP contribution in [-0.2, 0) is 11.2 Å². The Kier molecular flexibility index (Phi) is 4.29. The first-order valence-corrected chi connectivity index (χ1v) is 6.32. The minimum atomic E-state index is -0.275. The molecule has 0 aliphatic heterocycles. The van der Waals surface area contributed by atoms with Gasteiger partial charge in [0.1, 0.15) is 0 Å². The summed E-state index contributed by atoms with van der Waals surface area (Å²) in [6.45, 7) is 3.93. The molecule has 2 aromatic heterocycles. The standard InChI is InChI=1S/C13H16N4O3/c1-8(2)12-16-11(20-17-12)6-5-10(19)15-13-9(18)4-3-7-14-13/h3-4,7-8,18H,5-6H2,1-2H3,(H,14,15,19). The molecule has 0 spiro atoms. The van der Waals surface area contributed by atoms with Crippen LogP contribution >= 0.6 is 0 Å². The normalized spacial score (nSPS) is 10.8. The highest BCUT2D eigenvalue weighted by molar-refractivity contribution is 5.91. The van der Waals surface area contributed by atoms with Gasteiger partial charge in [-0.2, -0.15) is 4.98 Å². The molecule has 1 amide bonds. The van der Waals surface area contributed by atoms with Crippen LogP contribution < -0.4 is 5.32 Å². The van der Waals surface area contributed by atoms with Crippen LogP contribution in [-0.4, -0.2) is 26.1 Å². The number of rotatable bonds is 5. The molecule has 0 radical (unpaired) electrons. The molecular weight excluding hydrogens is 260 g/mol. The molecule has 0 aliphatic rings. The Morgan fingerprint density at radius 1 is 1.50 bits per heavy atom. The molecule has 0 aliphatic carbocycles. The predicted molar refractivity (Wildman–Crippen MR) is 71.2 cm³/mol. The van der Waals surface area contributed by atoms with Gasteiger partial charge >= 0.3 is 0 Å². The SMILES string of the molecule is CC(C)c1noc(CCC(=O)Nc2ncccc2O)n1. The Balaban J connectivity index is 1.87. The highest BCUT2D eigenvalue weighted by Gasteiger charge is 2.12. The number of amides is 1. The molecule has 2 rings (SSSR count).